The first-order chi connectivity index (χ1) is 13.0. The van der Waals surface area contributed by atoms with Gasteiger partial charge >= 0.3 is 0 Å². The van der Waals surface area contributed by atoms with Crippen LogP contribution >= 0.6 is 0 Å². The van der Waals surface area contributed by atoms with E-state index in [1.807, 2.05) is 18.2 Å². The zero-order valence-electron chi connectivity index (χ0n) is 15.7. The predicted molar refractivity (Wildman–Crippen MR) is 101 cm³/mol. The van der Waals surface area contributed by atoms with Gasteiger partial charge in [0.15, 0.2) is 23.1 Å². The molecule has 5 nitrogen and oxygen atoms in total. The average Bonchev–Trinajstić information content (AvgIpc) is 3.09. The van der Waals surface area contributed by atoms with E-state index in [4.69, 9.17) is 9.47 Å². The van der Waals surface area contributed by atoms with Crippen molar-refractivity contribution in [2.24, 2.45) is 0 Å². The van der Waals surface area contributed by atoms with Gasteiger partial charge in [0.05, 0.1) is 0 Å². The summed E-state index contributed by atoms with van der Waals surface area (Å²) in [4.78, 5) is 27.4. The van der Waals surface area contributed by atoms with Crippen molar-refractivity contribution in [3.05, 3.63) is 46.0 Å². The van der Waals surface area contributed by atoms with E-state index in [-0.39, 0.29) is 24.4 Å². The molecule has 0 saturated carbocycles. The fourth-order valence-electron chi connectivity index (χ4n) is 4.79. The van der Waals surface area contributed by atoms with E-state index >= 15 is 0 Å². The van der Waals surface area contributed by atoms with Crippen molar-refractivity contribution in [3.8, 4) is 22.6 Å². The monoisotopic (exact) mass is 363 g/mol. The highest BCUT2D eigenvalue weighted by Crippen LogP contribution is 2.50. The second-order valence-electron chi connectivity index (χ2n) is 7.67. The van der Waals surface area contributed by atoms with Crippen LogP contribution < -0.4 is 9.47 Å². The molecule has 3 aliphatic rings. The minimum absolute atomic E-state index is 0.0670. The highest BCUT2D eigenvalue weighted by atomic mass is 16.7. The smallest absolute Gasteiger partial charge is 0.231 e. The lowest BCUT2D eigenvalue weighted by Crippen LogP contribution is -2.36. The van der Waals surface area contributed by atoms with Crippen molar-refractivity contribution < 1.29 is 19.1 Å². The molecule has 2 heterocycles. The molecule has 0 fully saturated rings. The standard InChI is InChI=1S/C22H21NO4/c1-11(24)15-6-13-4-5-23(3)17-7-14-8-18-19(27-10-26-18)9-16(14)22(21(13)17)20(15)12(2)25/h6,8-9,17H,4-5,7,10H2,1-3H3/t17-/m0/s1. The second kappa shape index (κ2) is 5.67. The first-order valence-electron chi connectivity index (χ1n) is 9.30. The van der Waals surface area contributed by atoms with Crippen LogP contribution in [0.25, 0.3) is 11.1 Å². The number of carbonyl (C=O) groups excluding carboxylic acids is 2. The summed E-state index contributed by atoms with van der Waals surface area (Å²) in [7, 11) is 2.13. The fourth-order valence-corrected chi connectivity index (χ4v) is 4.79. The van der Waals surface area contributed by atoms with Crippen molar-refractivity contribution in [2.45, 2.75) is 32.7 Å². The first kappa shape index (κ1) is 16.5. The molecule has 0 saturated heterocycles. The van der Waals surface area contributed by atoms with Crippen LogP contribution in [-0.2, 0) is 12.8 Å². The maximum atomic E-state index is 12.7. The van der Waals surface area contributed by atoms with Gasteiger partial charge < -0.3 is 9.47 Å². The van der Waals surface area contributed by atoms with Crippen molar-refractivity contribution in [1.29, 1.82) is 0 Å². The van der Waals surface area contributed by atoms with Crippen LogP contribution in [0.5, 0.6) is 11.5 Å². The molecule has 138 valence electrons. The van der Waals surface area contributed by atoms with E-state index in [1.165, 1.54) is 18.1 Å². The summed E-state index contributed by atoms with van der Waals surface area (Å²) in [6.07, 6.45) is 1.74. The fraction of sp³-hybridized carbons (Fsp3) is 0.364. The van der Waals surface area contributed by atoms with E-state index in [0.29, 0.717) is 16.9 Å². The highest BCUT2D eigenvalue weighted by Gasteiger charge is 2.37. The number of hydrogen-bond acceptors (Lipinski definition) is 5. The van der Waals surface area contributed by atoms with Crippen molar-refractivity contribution in [1.82, 2.24) is 4.90 Å². The Kier molecular flexibility index (Phi) is 3.46. The number of ketones is 2. The minimum Gasteiger partial charge on any atom is -0.454 e. The molecular formula is C22H21NO4. The molecule has 1 atom stereocenters. The maximum absolute atomic E-state index is 12.7. The van der Waals surface area contributed by atoms with Crippen LogP contribution in [0.1, 0.15) is 57.3 Å². The molecule has 27 heavy (non-hydrogen) atoms. The Morgan fingerprint density at radius 3 is 2.48 bits per heavy atom. The largest absolute Gasteiger partial charge is 0.454 e. The number of carbonyl (C=O) groups is 2. The molecule has 2 aromatic carbocycles. The van der Waals surface area contributed by atoms with Gasteiger partial charge in [-0.2, -0.15) is 0 Å². The van der Waals surface area contributed by atoms with E-state index in [1.54, 1.807) is 6.92 Å². The van der Waals surface area contributed by atoms with Crippen molar-refractivity contribution in [2.75, 3.05) is 20.4 Å². The Labute approximate surface area is 157 Å². The molecule has 0 spiro atoms. The van der Waals surface area contributed by atoms with Gasteiger partial charge in [-0.05, 0) is 79.8 Å². The molecule has 1 aliphatic carbocycles. The molecule has 5 heteroatoms. The summed E-state index contributed by atoms with van der Waals surface area (Å²) >= 11 is 0. The van der Waals surface area contributed by atoms with Crippen LogP contribution in [0.2, 0.25) is 0 Å². The van der Waals surface area contributed by atoms with E-state index in [2.05, 4.69) is 11.9 Å². The number of ether oxygens (including phenoxy) is 2. The number of benzene rings is 2. The van der Waals surface area contributed by atoms with Gasteiger partial charge in [0.2, 0.25) is 6.79 Å². The van der Waals surface area contributed by atoms with E-state index < -0.39 is 0 Å². The molecular weight excluding hydrogens is 342 g/mol. The Bertz CT molecular complexity index is 1020. The van der Waals surface area contributed by atoms with Crippen LogP contribution in [0.15, 0.2) is 18.2 Å². The van der Waals surface area contributed by atoms with Gasteiger partial charge in [-0.15, -0.1) is 0 Å². The first-order valence-corrected chi connectivity index (χ1v) is 9.30. The summed E-state index contributed by atoms with van der Waals surface area (Å²) < 4.78 is 11.2. The van der Waals surface area contributed by atoms with Crippen LogP contribution in [0.4, 0.5) is 0 Å². The van der Waals surface area contributed by atoms with Gasteiger partial charge in [0, 0.05) is 23.7 Å². The molecule has 0 aromatic heterocycles. The molecule has 0 N–H and O–H groups in total. The molecule has 5 rings (SSSR count). The Balaban J connectivity index is 1.90. The third kappa shape index (κ3) is 2.28. The summed E-state index contributed by atoms with van der Waals surface area (Å²) in [5, 5.41) is 0. The van der Waals surface area contributed by atoms with Gasteiger partial charge in [-0.1, -0.05) is 0 Å². The molecule has 2 aliphatic heterocycles. The number of nitrogens with zero attached hydrogens (tertiary/aromatic N) is 1. The normalized spacial score (nSPS) is 19.4. The molecule has 2 aromatic rings. The highest BCUT2D eigenvalue weighted by molar-refractivity contribution is 6.12. The van der Waals surface area contributed by atoms with Crippen molar-refractivity contribution in [3.63, 3.8) is 0 Å². The van der Waals surface area contributed by atoms with Gasteiger partial charge in [-0.25, -0.2) is 0 Å². The number of fused-ring (bicyclic) bond motifs is 3. The number of Topliss-reactive ketones (excluding diaryl/α,β-unsaturated/α-hetero) is 2. The van der Waals surface area contributed by atoms with E-state index in [9.17, 15) is 9.59 Å². The third-order valence-electron chi connectivity index (χ3n) is 6.06. The summed E-state index contributed by atoms with van der Waals surface area (Å²) in [6.45, 7) is 4.24. The zero-order valence-corrected chi connectivity index (χ0v) is 15.7. The van der Waals surface area contributed by atoms with Gasteiger partial charge in [0.25, 0.3) is 0 Å². The summed E-state index contributed by atoms with van der Waals surface area (Å²) in [6, 6.07) is 6.17. The Morgan fingerprint density at radius 1 is 1.04 bits per heavy atom. The summed E-state index contributed by atoms with van der Waals surface area (Å²) in [5.41, 5.74) is 6.51. The molecule has 0 amide bonds. The lowest BCUT2D eigenvalue weighted by Gasteiger charge is -2.41. The number of likely N-dealkylation sites (N-methyl/N-ethyl adjacent to an activating group) is 1. The third-order valence-corrected chi connectivity index (χ3v) is 6.06. The van der Waals surface area contributed by atoms with Crippen LogP contribution in [0, 0.1) is 0 Å². The predicted octanol–water partition coefficient (Wildman–Crippen LogP) is 3.57. The number of hydrogen-bond donors (Lipinski definition) is 0. The van der Waals surface area contributed by atoms with Gasteiger partial charge in [0.1, 0.15) is 0 Å². The quantitative estimate of drug-likeness (QED) is 0.764. The van der Waals surface area contributed by atoms with E-state index in [0.717, 1.165) is 41.8 Å². The van der Waals surface area contributed by atoms with Gasteiger partial charge in [-0.3, -0.25) is 14.5 Å². The van der Waals surface area contributed by atoms with Crippen LogP contribution in [-0.4, -0.2) is 36.9 Å². The minimum atomic E-state index is -0.0736. The SMILES string of the molecule is CC(=O)c1cc2c3c(c1C(C)=O)-c1cc4c(cc1C[C@@H]3N(C)CC2)OCO4. The number of rotatable bonds is 2. The Morgan fingerprint density at radius 2 is 1.78 bits per heavy atom. The maximum Gasteiger partial charge on any atom is 0.231 e. The summed E-state index contributed by atoms with van der Waals surface area (Å²) in [5.74, 6) is 1.31. The zero-order chi connectivity index (χ0) is 18.9. The lowest BCUT2D eigenvalue weighted by molar-refractivity contribution is 0.0980. The molecule has 0 unspecified atom stereocenters. The average molecular weight is 363 g/mol. The molecule has 0 radical (unpaired) electrons. The second-order valence-corrected chi connectivity index (χ2v) is 7.67. The Hall–Kier alpha value is -2.66. The van der Waals surface area contributed by atoms with Crippen LogP contribution in [0.3, 0.4) is 0 Å². The lowest BCUT2D eigenvalue weighted by atomic mass is 9.73. The van der Waals surface area contributed by atoms with Crippen molar-refractivity contribution >= 4 is 11.6 Å². The molecule has 0 bridgehead atoms. The topological polar surface area (TPSA) is 55.8 Å².